The lowest BCUT2D eigenvalue weighted by atomic mass is 9.79. The molecular weight excluding hydrogens is 322 g/mol. The average Bonchev–Trinajstić information content (AvgIpc) is 2.60. The molecule has 1 N–H and O–H groups in total. The van der Waals surface area contributed by atoms with Crippen molar-refractivity contribution >= 4 is 17.7 Å². The van der Waals surface area contributed by atoms with E-state index in [1.165, 1.54) is 11.8 Å². The number of carbonyl (C=O) groups excluding carboxylic acids is 1. The number of thioether (sulfide) groups is 1. The largest absolute Gasteiger partial charge is 0.494 e. The summed E-state index contributed by atoms with van der Waals surface area (Å²) in [5.41, 5.74) is 1.12. The average molecular weight is 341 g/mol. The highest BCUT2D eigenvalue weighted by molar-refractivity contribution is 8.03. The first-order valence-corrected chi connectivity index (χ1v) is 8.85. The number of hydrogen-bond donors (Lipinski definition) is 1. The molecule has 5 nitrogen and oxygen atoms in total. The third-order valence-electron chi connectivity index (χ3n) is 3.67. The van der Waals surface area contributed by atoms with Crippen LogP contribution in [-0.4, -0.2) is 18.3 Å². The Bertz CT molecular complexity index is 731. The fraction of sp³-hybridized carbons (Fsp3) is 0.389. The van der Waals surface area contributed by atoms with Crippen molar-refractivity contribution in [2.75, 3.05) is 12.4 Å². The van der Waals surface area contributed by atoms with E-state index < -0.39 is 11.8 Å². The summed E-state index contributed by atoms with van der Waals surface area (Å²) in [6, 6.07) is 11.5. The van der Waals surface area contributed by atoms with Gasteiger partial charge in [0.25, 0.3) is 0 Å². The summed E-state index contributed by atoms with van der Waals surface area (Å²) in [7, 11) is 0. The van der Waals surface area contributed by atoms with Crippen LogP contribution in [0.3, 0.4) is 0 Å². The maximum absolute atomic E-state index is 12.4. The Hall–Kier alpha value is -2.44. The van der Waals surface area contributed by atoms with Crippen molar-refractivity contribution in [1.29, 1.82) is 10.5 Å². The smallest absolute Gasteiger partial charge is 0.243 e. The van der Waals surface area contributed by atoms with Gasteiger partial charge in [-0.2, -0.15) is 10.5 Å². The Morgan fingerprint density at radius 2 is 2.04 bits per heavy atom. The minimum Gasteiger partial charge on any atom is -0.494 e. The second-order valence-corrected chi connectivity index (χ2v) is 6.35. The Morgan fingerprint density at radius 3 is 2.67 bits per heavy atom. The van der Waals surface area contributed by atoms with Gasteiger partial charge in [0.05, 0.1) is 35.3 Å². The van der Waals surface area contributed by atoms with Gasteiger partial charge in [-0.3, -0.25) is 4.79 Å². The van der Waals surface area contributed by atoms with Crippen LogP contribution in [0.25, 0.3) is 0 Å². The van der Waals surface area contributed by atoms with E-state index in [0.29, 0.717) is 28.5 Å². The van der Waals surface area contributed by atoms with Gasteiger partial charge in [-0.25, -0.2) is 0 Å². The number of carbonyl (C=O) groups is 1. The number of allylic oxidation sites excluding steroid dienone is 1. The number of rotatable bonds is 6. The highest BCUT2D eigenvalue weighted by Gasteiger charge is 2.40. The monoisotopic (exact) mass is 341 g/mol. The minimum atomic E-state index is -0.952. The molecule has 0 saturated carbocycles. The van der Waals surface area contributed by atoms with Crippen molar-refractivity contribution in [3.8, 4) is 17.9 Å². The van der Waals surface area contributed by atoms with E-state index in [9.17, 15) is 15.3 Å². The van der Waals surface area contributed by atoms with Crippen LogP contribution in [0.15, 0.2) is 34.9 Å². The van der Waals surface area contributed by atoms with Crippen LogP contribution in [-0.2, 0) is 4.79 Å². The molecule has 0 radical (unpaired) electrons. The molecule has 1 heterocycles. The van der Waals surface area contributed by atoms with Crippen molar-refractivity contribution in [2.24, 2.45) is 5.92 Å². The van der Waals surface area contributed by atoms with Crippen molar-refractivity contribution < 1.29 is 9.53 Å². The number of nitriles is 2. The summed E-state index contributed by atoms with van der Waals surface area (Å²) in [6.07, 6.45) is 0.921. The summed E-state index contributed by atoms with van der Waals surface area (Å²) < 4.78 is 5.65. The highest BCUT2D eigenvalue weighted by atomic mass is 32.2. The molecule has 0 bridgehead atoms. The molecular formula is C18H19N3O2S. The second kappa shape index (κ2) is 8.42. The van der Waals surface area contributed by atoms with Gasteiger partial charge in [-0.15, -0.1) is 11.8 Å². The number of nitrogens with one attached hydrogen (secondary N) is 1. The fourth-order valence-electron chi connectivity index (χ4n) is 2.65. The van der Waals surface area contributed by atoms with E-state index >= 15 is 0 Å². The van der Waals surface area contributed by atoms with Gasteiger partial charge in [-0.1, -0.05) is 25.1 Å². The molecule has 6 heteroatoms. The molecule has 2 atom stereocenters. The van der Waals surface area contributed by atoms with Crippen LogP contribution in [0.4, 0.5) is 0 Å². The van der Waals surface area contributed by atoms with Crippen LogP contribution in [0.5, 0.6) is 5.75 Å². The molecule has 0 fully saturated rings. The molecule has 1 aliphatic heterocycles. The number of hydrogen-bond acceptors (Lipinski definition) is 5. The third kappa shape index (κ3) is 3.55. The highest BCUT2D eigenvalue weighted by Crippen LogP contribution is 2.42. The Kier molecular flexibility index (Phi) is 6.28. The first-order chi connectivity index (χ1) is 11.7. The van der Waals surface area contributed by atoms with E-state index in [-0.39, 0.29) is 5.91 Å². The lowest BCUT2D eigenvalue weighted by Crippen LogP contribution is -2.39. The summed E-state index contributed by atoms with van der Waals surface area (Å²) in [4.78, 5) is 12.4. The SMILES string of the molecule is CCCSC1=C(C#N)[C@H](c2ccccc2OCC)[C@H](C#N)C(=O)N1. The zero-order chi connectivity index (χ0) is 17.5. The maximum Gasteiger partial charge on any atom is 0.243 e. The van der Waals surface area contributed by atoms with Crippen LogP contribution < -0.4 is 10.1 Å². The standard InChI is InChI=1S/C18H19N3O2S/c1-3-9-24-18-14(11-20)16(13(10-19)17(22)21-18)12-7-5-6-8-15(12)23-4-2/h5-8,13,16H,3-4,9H2,1-2H3,(H,21,22)/t13-,16+/m0/s1. The molecule has 2 rings (SSSR count). The van der Waals surface area contributed by atoms with Crippen LogP contribution in [0.2, 0.25) is 0 Å². The molecule has 1 aromatic rings. The van der Waals surface area contributed by atoms with Crippen molar-refractivity contribution in [3.63, 3.8) is 0 Å². The quantitative estimate of drug-likeness (QED) is 0.858. The molecule has 0 saturated heterocycles. The Labute approximate surface area is 146 Å². The van der Waals surface area contributed by atoms with E-state index in [1.54, 1.807) is 6.07 Å². The first kappa shape index (κ1) is 17.9. The zero-order valence-corrected chi connectivity index (χ0v) is 14.5. The van der Waals surface area contributed by atoms with Crippen molar-refractivity contribution in [3.05, 3.63) is 40.4 Å². The van der Waals surface area contributed by atoms with E-state index in [1.807, 2.05) is 32.0 Å². The topological polar surface area (TPSA) is 85.9 Å². The Morgan fingerprint density at radius 1 is 1.29 bits per heavy atom. The normalized spacial score (nSPS) is 20.1. The Balaban J connectivity index is 2.59. The van der Waals surface area contributed by atoms with Gasteiger partial charge in [0.15, 0.2) is 0 Å². The molecule has 124 valence electrons. The molecule has 24 heavy (non-hydrogen) atoms. The molecule has 0 spiro atoms. The second-order valence-electron chi connectivity index (χ2n) is 5.25. The minimum absolute atomic E-state index is 0.369. The van der Waals surface area contributed by atoms with Gasteiger partial charge in [0.2, 0.25) is 5.91 Å². The van der Waals surface area contributed by atoms with Gasteiger partial charge in [0.1, 0.15) is 11.7 Å². The summed E-state index contributed by atoms with van der Waals surface area (Å²) in [5.74, 6) is -0.542. The van der Waals surface area contributed by atoms with Gasteiger partial charge >= 0.3 is 0 Å². The molecule has 1 aliphatic rings. The predicted octanol–water partition coefficient (Wildman–Crippen LogP) is 3.32. The molecule has 1 aromatic carbocycles. The third-order valence-corrected chi connectivity index (χ3v) is 4.90. The molecule has 1 amide bonds. The van der Waals surface area contributed by atoms with Gasteiger partial charge in [0, 0.05) is 5.56 Å². The van der Waals surface area contributed by atoms with E-state index in [2.05, 4.69) is 17.5 Å². The van der Waals surface area contributed by atoms with Crippen LogP contribution in [0.1, 0.15) is 31.7 Å². The molecule has 0 aliphatic carbocycles. The zero-order valence-electron chi connectivity index (χ0n) is 13.7. The number of ether oxygens (including phenoxy) is 1. The van der Waals surface area contributed by atoms with Crippen LogP contribution >= 0.6 is 11.8 Å². The van der Waals surface area contributed by atoms with Gasteiger partial charge in [-0.05, 0) is 25.2 Å². The number of amides is 1. The van der Waals surface area contributed by atoms with Gasteiger partial charge < -0.3 is 10.1 Å². The lowest BCUT2D eigenvalue weighted by molar-refractivity contribution is -0.123. The summed E-state index contributed by atoms with van der Waals surface area (Å²) >= 11 is 1.44. The van der Waals surface area contributed by atoms with Crippen molar-refractivity contribution in [2.45, 2.75) is 26.2 Å². The predicted molar refractivity (Wildman–Crippen MR) is 93.0 cm³/mol. The number of para-hydroxylation sites is 1. The lowest BCUT2D eigenvalue weighted by Gasteiger charge is -2.29. The molecule has 0 unspecified atom stereocenters. The number of benzene rings is 1. The van der Waals surface area contributed by atoms with E-state index in [0.717, 1.165) is 12.2 Å². The summed E-state index contributed by atoms with van der Waals surface area (Å²) in [6.45, 7) is 4.37. The number of nitrogens with zero attached hydrogens (tertiary/aromatic N) is 2. The van der Waals surface area contributed by atoms with Crippen LogP contribution in [0, 0.1) is 28.6 Å². The first-order valence-electron chi connectivity index (χ1n) is 7.87. The fourth-order valence-corrected chi connectivity index (χ4v) is 3.56. The maximum atomic E-state index is 12.4. The molecule has 0 aromatic heterocycles. The van der Waals surface area contributed by atoms with E-state index in [4.69, 9.17) is 4.74 Å². The van der Waals surface area contributed by atoms with Crippen molar-refractivity contribution in [1.82, 2.24) is 5.32 Å². The summed E-state index contributed by atoms with van der Waals surface area (Å²) in [5, 5.41) is 22.5.